The highest BCUT2D eigenvalue weighted by Gasteiger charge is 2.10. The lowest BCUT2D eigenvalue weighted by Gasteiger charge is -2.20. The van der Waals surface area contributed by atoms with E-state index >= 15 is 0 Å². The first-order valence-corrected chi connectivity index (χ1v) is 9.52. The predicted molar refractivity (Wildman–Crippen MR) is 114 cm³/mol. The van der Waals surface area contributed by atoms with Crippen LogP contribution in [0.5, 0.6) is 11.5 Å². The molecule has 1 atom stereocenters. The molecular weight excluding hydrogens is 348 g/mol. The van der Waals surface area contributed by atoms with Crippen LogP contribution in [-0.4, -0.2) is 24.0 Å². The van der Waals surface area contributed by atoms with Crippen LogP contribution in [0.25, 0.3) is 11.1 Å². The first-order chi connectivity index (χ1) is 13.7. The topological polar surface area (TPSA) is 58.5 Å². The van der Waals surface area contributed by atoms with E-state index in [0.717, 1.165) is 30.6 Å². The number of anilines is 1. The van der Waals surface area contributed by atoms with Gasteiger partial charge in [-0.25, -0.2) is 4.98 Å². The Balaban J connectivity index is 1.38. The molecule has 1 aromatic heterocycles. The van der Waals surface area contributed by atoms with Gasteiger partial charge in [-0.05, 0) is 48.2 Å². The van der Waals surface area contributed by atoms with E-state index in [9.17, 15) is 0 Å². The molecule has 2 heterocycles. The molecule has 0 saturated carbocycles. The number of pyridine rings is 1. The summed E-state index contributed by atoms with van der Waals surface area (Å²) in [6.07, 6.45) is 1.71. The van der Waals surface area contributed by atoms with Gasteiger partial charge in [-0.3, -0.25) is 4.99 Å². The third kappa shape index (κ3) is 4.49. The minimum Gasteiger partial charge on any atom is -0.456 e. The van der Waals surface area contributed by atoms with Crippen molar-refractivity contribution in [2.45, 2.75) is 13.8 Å². The van der Waals surface area contributed by atoms with Gasteiger partial charge in [0.25, 0.3) is 0 Å². The SMILES string of the molecule is Cc1ccc(-c2ccc(Oc3ccc(NC4=NCC(C)CN4)nc3)cc2)cc1. The van der Waals surface area contributed by atoms with Crippen LogP contribution in [0, 0.1) is 12.8 Å². The van der Waals surface area contributed by atoms with E-state index in [1.807, 2.05) is 24.3 Å². The largest absolute Gasteiger partial charge is 0.456 e. The highest BCUT2D eigenvalue weighted by molar-refractivity contribution is 5.93. The van der Waals surface area contributed by atoms with Crippen LogP contribution < -0.4 is 15.4 Å². The zero-order valence-electron chi connectivity index (χ0n) is 16.1. The smallest absolute Gasteiger partial charge is 0.196 e. The van der Waals surface area contributed by atoms with Gasteiger partial charge in [-0.15, -0.1) is 0 Å². The van der Waals surface area contributed by atoms with Crippen molar-refractivity contribution in [2.24, 2.45) is 10.9 Å². The van der Waals surface area contributed by atoms with Crippen LogP contribution in [0.4, 0.5) is 5.82 Å². The van der Waals surface area contributed by atoms with Crippen molar-refractivity contribution in [3.05, 3.63) is 72.4 Å². The predicted octanol–water partition coefficient (Wildman–Crippen LogP) is 4.86. The summed E-state index contributed by atoms with van der Waals surface area (Å²) >= 11 is 0. The summed E-state index contributed by atoms with van der Waals surface area (Å²) in [6, 6.07) is 20.4. The molecule has 3 aromatic rings. The highest BCUT2D eigenvalue weighted by Crippen LogP contribution is 2.26. The van der Waals surface area contributed by atoms with E-state index < -0.39 is 0 Å². The Morgan fingerprint density at radius 3 is 2.21 bits per heavy atom. The second-order valence-electron chi connectivity index (χ2n) is 7.17. The Kier molecular flexibility index (Phi) is 5.24. The maximum absolute atomic E-state index is 5.91. The third-order valence-corrected chi connectivity index (χ3v) is 4.64. The van der Waals surface area contributed by atoms with E-state index in [2.05, 4.69) is 70.9 Å². The average Bonchev–Trinajstić information content (AvgIpc) is 2.72. The average molecular weight is 372 g/mol. The van der Waals surface area contributed by atoms with Crippen molar-refractivity contribution in [2.75, 3.05) is 18.4 Å². The minimum atomic E-state index is 0.562. The second-order valence-corrected chi connectivity index (χ2v) is 7.17. The van der Waals surface area contributed by atoms with Gasteiger partial charge in [0.15, 0.2) is 5.96 Å². The first kappa shape index (κ1) is 18.0. The number of hydrogen-bond acceptors (Lipinski definition) is 5. The summed E-state index contributed by atoms with van der Waals surface area (Å²) in [5.74, 6) is 3.55. The maximum Gasteiger partial charge on any atom is 0.196 e. The standard InChI is InChI=1S/C23H24N4O/c1-16-3-5-18(6-4-16)19-7-9-20(10-8-19)28-21-11-12-22(24-15-21)27-23-25-13-17(2)14-26-23/h3-12,15,17H,13-14H2,1-2H3,(H2,24,25,26,27). The molecule has 1 aliphatic rings. The normalized spacial score (nSPS) is 16.1. The van der Waals surface area contributed by atoms with Crippen LogP contribution in [0.3, 0.4) is 0 Å². The number of nitrogens with zero attached hydrogens (tertiary/aromatic N) is 2. The van der Waals surface area contributed by atoms with Crippen LogP contribution in [0.1, 0.15) is 12.5 Å². The monoisotopic (exact) mass is 372 g/mol. The lowest BCUT2D eigenvalue weighted by Crippen LogP contribution is -2.39. The summed E-state index contributed by atoms with van der Waals surface area (Å²) in [6.45, 7) is 6.01. The first-order valence-electron chi connectivity index (χ1n) is 9.52. The van der Waals surface area contributed by atoms with Gasteiger partial charge in [-0.1, -0.05) is 48.9 Å². The Morgan fingerprint density at radius 2 is 1.61 bits per heavy atom. The number of ether oxygens (including phenoxy) is 1. The molecule has 5 heteroatoms. The quantitative estimate of drug-likeness (QED) is 0.687. The molecule has 0 aliphatic carbocycles. The van der Waals surface area contributed by atoms with Crippen LogP contribution >= 0.6 is 0 Å². The molecule has 28 heavy (non-hydrogen) atoms. The molecule has 4 rings (SSSR count). The number of aliphatic imine (C=N–C) groups is 1. The van der Waals surface area contributed by atoms with Crippen LogP contribution in [-0.2, 0) is 0 Å². The third-order valence-electron chi connectivity index (χ3n) is 4.64. The molecule has 0 amide bonds. The molecule has 0 fully saturated rings. The zero-order chi connectivity index (χ0) is 19.3. The number of aryl methyl sites for hydroxylation is 1. The molecule has 2 N–H and O–H groups in total. The summed E-state index contributed by atoms with van der Waals surface area (Å²) in [4.78, 5) is 8.86. The highest BCUT2D eigenvalue weighted by atomic mass is 16.5. The molecule has 1 aliphatic heterocycles. The van der Waals surface area contributed by atoms with Gasteiger partial charge in [0, 0.05) is 13.1 Å². The number of benzene rings is 2. The maximum atomic E-state index is 5.91. The van der Waals surface area contributed by atoms with Gasteiger partial charge in [-0.2, -0.15) is 0 Å². The van der Waals surface area contributed by atoms with E-state index in [1.54, 1.807) is 6.20 Å². The number of aromatic nitrogens is 1. The molecule has 2 aromatic carbocycles. The lowest BCUT2D eigenvalue weighted by molar-refractivity contribution is 0.480. The summed E-state index contributed by atoms with van der Waals surface area (Å²) in [5, 5.41) is 6.46. The van der Waals surface area contributed by atoms with Crippen molar-refractivity contribution >= 4 is 11.8 Å². The van der Waals surface area contributed by atoms with E-state index in [1.165, 1.54) is 16.7 Å². The van der Waals surface area contributed by atoms with Crippen LogP contribution in [0.2, 0.25) is 0 Å². The fourth-order valence-corrected chi connectivity index (χ4v) is 2.96. The van der Waals surface area contributed by atoms with E-state index in [0.29, 0.717) is 11.7 Å². The van der Waals surface area contributed by atoms with E-state index in [4.69, 9.17) is 4.74 Å². The van der Waals surface area contributed by atoms with Gasteiger partial charge in [0.1, 0.15) is 17.3 Å². The summed E-state index contributed by atoms with van der Waals surface area (Å²) in [5.41, 5.74) is 3.62. The van der Waals surface area contributed by atoms with E-state index in [-0.39, 0.29) is 0 Å². The van der Waals surface area contributed by atoms with Crippen LogP contribution in [0.15, 0.2) is 71.9 Å². The van der Waals surface area contributed by atoms with Gasteiger partial charge >= 0.3 is 0 Å². The minimum absolute atomic E-state index is 0.562. The number of nitrogens with one attached hydrogen (secondary N) is 2. The summed E-state index contributed by atoms with van der Waals surface area (Å²) < 4.78 is 5.91. The number of hydrogen-bond donors (Lipinski definition) is 2. The van der Waals surface area contributed by atoms with Crippen molar-refractivity contribution < 1.29 is 4.74 Å². The van der Waals surface area contributed by atoms with Crippen molar-refractivity contribution in [1.29, 1.82) is 0 Å². The molecule has 0 spiro atoms. The molecule has 5 nitrogen and oxygen atoms in total. The Bertz CT molecular complexity index is 947. The van der Waals surface area contributed by atoms with Gasteiger partial charge in [0.2, 0.25) is 0 Å². The van der Waals surface area contributed by atoms with Gasteiger partial charge in [0.05, 0.1) is 6.20 Å². The number of rotatable bonds is 4. The molecule has 0 bridgehead atoms. The molecule has 1 unspecified atom stereocenters. The fourth-order valence-electron chi connectivity index (χ4n) is 2.96. The Hall–Kier alpha value is -3.34. The summed E-state index contributed by atoms with van der Waals surface area (Å²) in [7, 11) is 0. The molecule has 142 valence electrons. The Labute approximate surface area is 165 Å². The Morgan fingerprint density at radius 1 is 0.929 bits per heavy atom. The molecule has 0 saturated heterocycles. The number of guanidine groups is 1. The zero-order valence-corrected chi connectivity index (χ0v) is 16.1. The van der Waals surface area contributed by atoms with Crippen molar-refractivity contribution in [3.63, 3.8) is 0 Å². The lowest BCUT2D eigenvalue weighted by atomic mass is 10.0. The van der Waals surface area contributed by atoms with Crippen molar-refractivity contribution in [3.8, 4) is 22.6 Å². The molecule has 0 radical (unpaired) electrons. The van der Waals surface area contributed by atoms with Gasteiger partial charge < -0.3 is 15.4 Å². The van der Waals surface area contributed by atoms with Crippen molar-refractivity contribution in [1.82, 2.24) is 10.3 Å². The second kappa shape index (κ2) is 8.13. The molecular formula is C23H24N4O. The fraction of sp³-hybridized carbons (Fsp3) is 0.217.